The van der Waals surface area contributed by atoms with Crippen LogP contribution in [0.4, 0.5) is 0 Å². The number of pyridine rings is 1. The van der Waals surface area contributed by atoms with Crippen LogP contribution in [0.5, 0.6) is 0 Å². The summed E-state index contributed by atoms with van der Waals surface area (Å²) < 4.78 is 6.05. The second kappa shape index (κ2) is 8.28. The third kappa shape index (κ3) is 4.92. The number of nitrogens with zero attached hydrogens (tertiary/aromatic N) is 1. The molecule has 0 aromatic carbocycles. The summed E-state index contributed by atoms with van der Waals surface area (Å²) in [4.78, 5) is 4.11. The second-order valence-corrected chi connectivity index (χ2v) is 5.40. The molecule has 1 saturated carbocycles. The van der Waals surface area contributed by atoms with Gasteiger partial charge in [-0.05, 0) is 30.4 Å². The van der Waals surface area contributed by atoms with Crippen molar-refractivity contribution in [3.63, 3.8) is 0 Å². The van der Waals surface area contributed by atoms with Crippen LogP contribution in [0.25, 0.3) is 0 Å². The van der Waals surface area contributed by atoms with Crippen LogP contribution >= 0.6 is 0 Å². The second-order valence-electron chi connectivity index (χ2n) is 5.40. The van der Waals surface area contributed by atoms with Crippen LogP contribution in [0.2, 0.25) is 0 Å². The quantitative estimate of drug-likeness (QED) is 0.766. The van der Waals surface area contributed by atoms with Gasteiger partial charge in [0.1, 0.15) is 0 Å². The third-order valence-electron chi connectivity index (χ3n) is 4.03. The van der Waals surface area contributed by atoms with Gasteiger partial charge in [-0.15, -0.1) is 0 Å². The van der Waals surface area contributed by atoms with E-state index in [4.69, 9.17) is 4.74 Å². The molecule has 0 bridgehead atoms. The Balaban J connectivity index is 1.58. The zero-order chi connectivity index (χ0) is 13.3. The van der Waals surface area contributed by atoms with E-state index in [2.05, 4.69) is 23.3 Å². The van der Waals surface area contributed by atoms with Crippen molar-refractivity contribution in [3.05, 3.63) is 30.1 Å². The first-order chi connectivity index (χ1) is 9.40. The van der Waals surface area contributed by atoms with Crippen LogP contribution in [0.15, 0.2) is 24.5 Å². The average Bonchev–Trinajstić information content (AvgIpc) is 2.48. The lowest BCUT2D eigenvalue weighted by atomic mass is 9.85. The molecule has 0 aliphatic heterocycles. The summed E-state index contributed by atoms with van der Waals surface area (Å²) in [6.07, 6.45) is 10.8. The van der Waals surface area contributed by atoms with Gasteiger partial charge in [0.15, 0.2) is 0 Å². The summed E-state index contributed by atoms with van der Waals surface area (Å²) in [6, 6.07) is 4.07. The van der Waals surface area contributed by atoms with Gasteiger partial charge < -0.3 is 10.1 Å². The van der Waals surface area contributed by atoms with Crippen molar-refractivity contribution < 1.29 is 4.74 Å². The number of hydrogen-bond acceptors (Lipinski definition) is 3. The summed E-state index contributed by atoms with van der Waals surface area (Å²) in [5, 5.41) is 3.41. The first-order valence-electron chi connectivity index (χ1n) is 7.61. The van der Waals surface area contributed by atoms with Crippen LogP contribution in [0.1, 0.15) is 44.6 Å². The molecule has 106 valence electrons. The molecule has 0 radical (unpaired) electrons. The molecule has 1 aromatic heterocycles. The topological polar surface area (TPSA) is 34.1 Å². The lowest BCUT2D eigenvalue weighted by Gasteiger charge is -2.30. The minimum absolute atomic E-state index is 0.499. The van der Waals surface area contributed by atoms with Crippen molar-refractivity contribution >= 4 is 0 Å². The van der Waals surface area contributed by atoms with Gasteiger partial charge in [0.25, 0.3) is 0 Å². The molecule has 1 N–H and O–H groups in total. The van der Waals surface area contributed by atoms with Gasteiger partial charge in [-0.3, -0.25) is 4.98 Å². The molecule has 2 rings (SSSR count). The van der Waals surface area contributed by atoms with Gasteiger partial charge in [-0.1, -0.05) is 32.3 Å². The lowest BCUT2D eigenvalue weighted by Crippen LogP contribution is -2.30. The zero-order valence-electron chi connectivity index (χ0n) is 12.0. The van der Waals surface area contributed by atoms with Crippen LogP contribution in [0.3, 0.4) is 0 Å². The fraction of sp³-hybridized carbons (Fsp3) is 0.688. The van der Waals surface area contributed by atoms with E-state index in [0.29, 0.717) is 6.10 Å². The Bertz CT molecular complexity index is 342. The Morgan fingerprint density at radius 1 is 1.37 bits per heavy atom. The molecule has 1 fully saturated rings. The first kappa shape index (κ1) is 14.5. The SMILES string of the molecule is CCC1CCCCC1OCCNCc1cccnc1. The number of aromatic nitrogens is 1. The number of hydrogen-bond donors (Lipinski definition) is 1. The predicted octanol–water partition coefficient (Wildman–Crippen LogP) is 3.16. The number of ether oxygens (including phenoxy) is 1. The Morgan fingerprint density at radius 3 is 3.05 bits per heavy atom. The van der Waals surface area contributed by atoms with Crippen molar-refractivity contribution in [3.8, 4) is 0 Å². The van der Waals surface area contributed by atoms with Gasteiger partial charge in [0.05, 0.1) is 12.7 Å². The molecule has 1 aromatic rings. The van der Waals surface area contributed by atoms with Gasteiger partial charge >= 0.3 is 0 Å². The van der Waals surface area contributed by atoms with E-state index in [0.717, 1.165) is 25.6 Å². The fourth-order valence-electron chi connectivity index (χ4n) is 2.88. The van der Waals surface area contributed by atoms with Crippen molar-refractivity contribution in [1.82, 2.24) is 10.3 Å². The van der Waals surface area contributed by atoms with E-state index in [1.807, 2.05) is 12.3 Å². The van der Waals surface area contributed by atoms with Crippen LogP contribution in [-0.4, -0.2) is 24.2 Å². The monoisotopic (exact) mass is 262 g/mol. The number of rotatable bonds is 7. The fourth-order valence-corrected chi connectivity index (χ4v) is 2.88. The minimum atomic E-state index is 0.499. The highest BCUT2D eigenvalue weighted by Crippen LogP contribution is 2.28. The summed E-state index contributed by atoms with van der Waals surface area (Å²) in [6.45, 7) is 4.90. The molecule has 2 unspecified atom stereocenters. The maximum atomic E-state index is 6.05. The first-order valence-corrected chi connectivity index (χ1v) is 7.61. The van der Waals surface area contributed by atoms with Crippen molar-refractivity contribution in [2.75, 3.05) is 13.2 Å². The molecule has 2 atom stereocenters. The molecule has 3 nitrogen and oxygen atoms in total. The van der Waals surface area contributed by atoms with Crippen LogP contribution in [-0.2, 0) is 11.3 Å². The van der Waals surface area contributed by atoms with E-state index in [9.17, 15) is 0 Å². The summed E-state index contributed by atoms with van der Waals surface area (Å²) >= 11 is 0. The molecule has 0 saturated heterocycles. The molecule has 1 aliphatic rings. The van der Waals surface area contributed by atoms with Gasteiger partial charge in [-0.25, -0.2) is 0 Å². The van der Waals surface area contributed by atoms with Gasteiger partial charge in [-0.2, -0.15) is 0 Å². The van der Waals surface area contributed by atoms with E-state index in [1.54, 1.807) is 6.20 Å². The van der Waals surface area contributed by atoms with Crippen molar-refractivity contribution in [1.29, 1.82) is 0 Å². The third-order valence-corrected chi connectivity index (χ3v) is 4.03. The van der Waals surface area contributed by atoms with E-state index < -0.39 is 0 Å². The Kier molecular flexibility index (Phi) is 6.31. The van der Waals surface area contributed by atoms with Crippen molar-refractivity contribution in [2.24, 2.45) is 5.92 Å². The summed E-state index contributed by atoms with van der Waals surface area (Å²) in [5.41, 5.74) is 1.23. The maximum absolute atomic E-state index is 6.05. The average molecular weight is 262 g/mol. The Morgan fingerprint density at radius 2 is 2.26 bits per heavy atom. The molecule has 1 heterocycles. The highest BCUT2D eigenvalue weighted by atomic mass is 16.5. The minimum Gasteiger partial charge on any atom is -0.377 e. The Hall–Kier alpha value is -0.930. The van der Waals surface area contributed by atoms with Crippen molar-refractivity contribution in [2.45, 2.75) is 51.7 Å². The molecule has 19 heavy (non-hydrogen) atoms. The molecule has 0 spiro atoms. The smallest absolute Gasteiger partial charge is 0.0603 e. The standard InChI is InChI=1S/C16H26N2O/c1-2-15-7-3-4-8-16(15)19-11-10-18-13-14-6-5-9-17-12-14/h5-6,9,12,15-16,18H,2-4,7-8,10-11,13H2,1H3. The maximum Gasteiger partial charge on any atom is 0.0603 e. The highest BCUT2D eigenvalue weighted by Gasteiger charge is 2.23. The number of nitrogens with one attached hydrogen (secondary N) is 1. The predicted molar refractivity (Wildman–Crippen MR) is 77.9 cm³/mol. The van der Waals surface area contributed by atoms with E-state index in [-0.39, 0.29) is 0 Å². The zero-order valence-corrected chi connectivity index (χ0v) is 12.0. The largest absolute Gasteiger partial charge is 0.377 e. The van der Waals surface area contributed by atoms with Crippen LogP contribution < -0.4 is 5.32 Å². The lowest BCUT2D eigenvalue weighted by molar-refractivity contribution is -0.0103. The van der Waals surface area contributed by atoms with E-state index >= 15 is 0 Å². The van der Waals surface area contributed by atoms with Gasteiger partial charge in [0.2, 0.25) is 0 Å². The van der Waals surface area contributed by atoms with Gasteiger partial charge in [0, 0.05) is 25.5 Å². The molecular weight excluding hydrogens is 236 g/mol. The highest BCUT2D eigenvalue weighted by molar-refractivity contribution is 5.07. The molecule has 0 amide bonds. The molecular formula is C16H26N2O. The van der Waals surface area contributed by atoms with Crippen LogP contribution in [0, 0.1) is 5.92 Å². The summed E-state index contributed by atoms with van der Waals surface area (Å²) in [5.74, 6) is 0.784. The summed E-state index contributed by atoms with van der Waals surface area (Å²) in [7, 11) is 0. The normalized spacial score (nSPS) is 23.4. The molecule has 3 heteroatoms. The molecule has 1 aliphatic carbocycles. The van der Waals surface area contributed by atoms with E-state index in [1.165, 1.54) is 37.7 Å². The Labute approximate surface area is 116 Å².